The Kier molecular flexibility index (Phi) is 7.87. The van der Waals surface area contributed by atoms with E-state index in [1.807, 2.05) is 24.3 Å². The Labute approximate surface area is 220 Å². The quantitative estimate of drug-likeness (QED) is 0.349. The average Bonchev–Trinajstić information content (AvgIpc) is 2.96. The second kappa shape index (κ2) is 11.8. The third kappa shape index (κ3) is 5.96. The zero-order chi connectivity index (χ0) is 26.3. The van der Waals surface area contributed by atoms with Crippen molar-refractivity contribution < 1.29 is 4.74 Å². The summed E-state index contributed by atoms with van der Waals surface area (Å²) in [6.45, 7) is 5.98. The van der Waals surface area contributed by atoms with E-state index in [4.69, 9.17) is 15.0 Å². The number of aromatic amines is 1. The van der Waals surface area contributed by atoms with E-state index in [-0.39, 0.29) is 5.56 Å². The monoisotopic (exact) mass is 510 g/mol. The lowest BCUT2D eigenvalue weighted by Gasteiger charge is -2.34. The van der Waals surface area contributed by atoms with Crippen molar-refractivity contribution in [1.82, 2.24) is 29.7 Å². The van der Waals surface area contributed by atoms with Crippen LogP contribution in [0.1, 0.15) is 12.0 Å². The van der Waals surface area contributed by atoms with Gasteiger partial charge in [0.15, 0.2) is 0 Å². The van der Waals surface area contributed by atoms with Crippen molar-refractivity contribution in [2.45, 2.75) is 12.8 Å². The highest BCUT2D eigenvalue weighted by Crippen LogP contribution is 2.27. The molecule has 10 nitrogen and oxygen atoms in total. The molecule has 1 aromatic carbocycles. The summed E-state index contributed by atoms with van der Waals surface area (Å²) < 4.78 is 5.21. The number of hydrogen-bond donors (Lipinski definition) is 2. The molecule has 0 bridgehead atoms. The lowest BCUT2D eigenvalue weighted by Crippen LogP contribution is -2.47. The molecule has 194 valence electrons. The first-order chi connectivity index (χ1) is 18.6. The average molecular weight is 511 g/mol. The summed E-state index contributed by atoms with van der Waals surface area (Å²) >= 11 is 0. The lowest BCUT2D eigenvalue weighted by atomic mass is 10.1. The maximum absolute atomic E-state index is 12.7. The third-order valence-corrected chi connectivity index (χ3v) is 6.78. The van der Waals surface area contributed by atoms with Crippen LogP contribution < -0.4 is 15.6 Å². The Morgan fingerprint density at radius 3 is 2.53 bits per heavy atom. The zero-order valence-electron chi connectivity index (χ0n) is 21.4. The fraction of sp³-hybridized carbons (Fsp3) is 0.321. The number of benzene rings is 1. The van der Waals surface area contributed by atoms with Gasteiger partial charge >= 0.3 is 0 Å². The minimum absolute atomic E-state index is 0.217. The summed E-state index contributed by atoms with van der Waals surface area (Å²) in [6, 6.07) is 14.1. The summed E-state index contributed by atoms with van der Waals surface area (Å²) in [4.78, 5) is 33.6. The molecule has 5 rings (SSSR count). The Morgan fingerprint density at radius 2 is 1.79 bits per heavy atom. The summed E-state index contributed by atoms with van der Waals surface area (Å²) in [5.74, 6) is 0.840. The molecule has 4 heterocycles. The van der Waals surface area contributed by atoms with Crippen LogP contribution in [0.5, 0.6) is 5.88 Å². The maximum Gasteiger partial charge on any atom is 0.259 e. The second-order valence-electron chi connectivity index (χ2n) is 9.24. The molecule has 0 aliphatic carbocycles. The SMILES string of the molecule is COc1cncc(-c2cc3cc[nH]c(=O)c3c(Nc3ccc(CCN4CCN(CCC#N)CC4)cc3)n2)n1. The van der Waals surface area contributed by atoms with Gasteiger partial charge in [-0.1, -0.05) is 12.1 Å². The van der Waals surface area contributed by atoms with E-state index in [1.165, 1.54) is 18.9 Å². The van der Waals surface area contributed by atoms with Crippen molar-refractivity contribution in [2.24, 2.45) is 0 Å². The van der Waals surface area contributed by atoms with Gasteiger partial charge in [0.05, 0.1) is 36.7 Å². The molecule has 0 saturated carbocycles. The summed E-state index contributed by atoms with van der Waals surface area (Å²) in [6.07, 6.45) is 6.33. The van der Waals surface area contributed by atoms with Gasteiger partial charge in [-0.15, -0.1) is 0 Å². The van der Waals surface area contributed by atoms with Crippen molar-refractivity contribution in [2.75, 3.05) is 51.7 Å². The van der Waals surface area contributed by atoms with Gasteiger partial charge in [-0.05, 0) is 41.6 Å². The van der Waals surface area contributed by atoms with Crippen LogP contribution in [0.2, 0.25) is 0 Å². The Hall–Kier alpha value is -4.33. The fourth-order valence-electron chi connectivity index (χ4n) is 4.63. The molecule has 1 aliphatic rings. The molecule has 4 aromatic rings. The number of rotatable bonds is 9. The van der Waals surface area contributed by atoms with Crippen LogP contribution in [0.15, 0.2) is 59.8 Å². The highest BCUT2D eigenvalue weighted by atomic mass is 16.5. The first-order valence-electron chi connectivity index (χ1n) is 12.7. The molecule has 0 spiro atoms. The van der Waals surface area contributed by atoms with Gasteiger partial charge in [-0.2, -0.15) is 5.26 Å². The van der Waals surface area contributed by atoms with Gasteiger partial charge < -0.3 is 19.9 Å². The number of aromatic nitrogens is 4. The second-order valence-corrected chi connectivity index (χ2v) is 9.24. The lowest BCUT2D eigenvalue weighted by molar-refractivity contribution is 0.135. The Bertz CT molecular complexity index is 1490. The van der Waals surface area contributed by atoms with Gasteiger partial charge in [0.25, 0.3) is 5.56 Å². The summed E-state index contributed by atoms with van der Waals surface area (Å²) in [5.41, 5.74) is 3.01. The maximum atomic E-state index is 12.7. The van der Waals surface area contributed by atoms with E-state index < -0.39 is 0 Å². The van der Waals surface area contributed by atoms with E-state index in [2.05, 4.69) is 48.3 Å². The first kappa shape index (κ1) is 25.3. The molecule has 0 unspecified atom stereocenters. The standard InChI is InChI=1S/C28H30N8O2/c1-38-25-19-30-18-24(33-25)23-17-21-7-10-31-28(37)26(21)27(34-23)32-22-5-3-20(4-6-22)8-12-36-15-13-35(14-16-36)11-2-9-29/h3-7,10,17-19H,2,8,11-16H2,1H3,(H,31,37)(H,32,34). The summed E-state index contributed by atoms with van der Waals surface area (Å²) in [5, 5.41) is 13.3. The number of nitrogens with one attached hydrogen (secondary N) is 2. The predicted octanol–water partition coefficient (Wildman–Crippen LogP) is 3.21. The minimum Gasteiger partial charge on any atom is -0.480 e. The molecule has 1 saturated heterocycles. The van der Waals surface area contributed by atoms with Gasteiger partial charge in [0.1, 0.15) is 11.5 Å². The molecular weight excluding hydrogens is 480 g/mol. The van der Waals surface area contributed by atoms with Gasteiger partial charge in [-0.3, -0.25) is 14.7 Å². The Morgan fingerprint density at radius 1 is 1.03 bits per heavy atom. The molecule has 0 radical (unpaired) electrons. The van der Waals surface area contributed by atoms with E-state index in [0.29, 0.717) is 34.9 Å². The number of H-pyrrole nitrogens is 1. The van der Waals surface area contributed by atoms with Crippen LogP contribution in [0.3, 0.4) is 0 Å². The van der Waals surface area contributed by atoms with Crippen LogP contribution in [-0.4, -0.2) is 76.1 Å². The van der Waals surface area contributed by atoms with E-state index in [0.717, 1.165) is 56.8 Å². The number of nitrogens with zero attached hydrogens (tertiary/aromatic N) is 6. The van der Waals surface area contributed by atoms with Crippen LogP contribution >= 0.6 is 0 Å². The Balaban J connectivity index is 1.29. The van der Waals surface area contributed by atoms with Gasteiger partial charge in [-0.25, -0.2) is 9.97 Å². The predicted molar refractivity (Wildman–Crippen MR) is 146 cm³/mol. The molecule has 0 amide bonds. The van der Waals surface area contributed by atoms with Crippen molar-refractivity contribution >= 4 is 22.3 Å². The van der Waals surface area contributed by atoms with E-state index in [9.17, 15) is 4.79 Å². The smallest absolute Gasteiger partial charge is 0.259 e. The molecule has 38 heavy (non-hydrogen) atoms. The number of fused-ring (bicyclic) bond motifs is 1. The highest BCUT2D eigenvalue weighted by Gasteiger charge is 2.16. The van der Waals surface area contributed by atoms with Crippen molar-refractivity contribution in [1.29, 1.82) is 5.26 Å². The van der Waals surface area contributed by atoms with Crippen molar-refractivity contribution in [3.63, 3.8) is 0 Å². The number of pyridine rings is 2. The molecule has 3 aromatic heterocycles. The normalized spacial score (nSPS) is 14.3. The minimum atomic E-state index is -0.217. The molecule has 2 N–H and O–H groups in total. The number of anilines is 2. The van der Waals surface area contributed by atoms with Crippen LogP contribution in [0.4, 0.5) is 11.5 Å². The molecule has 1 fully saturated rings. The molecule has 0 atom stereocenters. The van der Waals surface area contributed by atoms with Gasteiger partial charge in [0, 0.05) is 57.6 Å². The number of piperazine rings is 1. The van der Waals surface area contributed by atoms with E-state index >= 15 is 0 Å². The number of methoxy groups -OCH3 is 1. The number of hydrogen-bond acceptors (Lipinski definition) is 9. The molecule has 1 aliphatic heterocycles. The molecule has 10 heteroatoms. The van der Waals surface area contributed by atoms with Crippen molar-refractivity contribution in [3.05, 3.63) is 70.9 Å². The largest absolute Gasteiger partial charge is 0.480 e. The number of ether oxygens (including phenoxy) is 1. The van der Waals surface area contributed by atoms with Crippen LogP contribution in [0, 0.1) is 11.3 Å². The fourth-order valence-corrected chi connectivity index (χ4v) is 4.63. The third-order valence-electron chi connectivity index (χ3n) is 6.78. The topological polar surface area (TPSA) is 123 Å². The van der Waals surface area contributed by atoms with Gasteiger partial charge in [0.2, 0.25) is 5.88 Å². The number of nitriles is 1. The summed E-state index contributed by atoms with van der Waals surface area (Å²) in [7, 11) is 1.54. The molecular formula is C28H30N8O2. The van der Waals surface area contributed by atoms with Crippen LogP contribution in [0.25, 0.3) is 22.2 Å². The van der Waals surface area contributed by atoms with Crippen molar-refractivity contribution in [3.8, 4) is 23.3 Å². The zero-order valence-corrected chi connectivity index (χ0v) is 21.4. The van der Waals surface area contributed by atoms with Crippen LogP contribution in [-0.2, 0) is 6.42 Å². The highest BCUT2D eigenvalue weighted by molar-refractivity contribution is 5.94. The first-order valence-corrected chi connectivity index (χ1v) is 12.7. The van der Waals surface area contributed by atoms with E-state index in [1.54, 1.807) is 12.4 Å².